The summed E-state index contributed by atoms with van der Waals surface area (Å²) in [6, 6.07) is 6.48. The monoisotopic (exact) mass is 408 g/mol. The number of carbonyl (C=O) groups is 1. The predicted octanol–water partition coefficient (Wildman–Crippen LogP) is 4.78. The lowest BCUT2D eigenvalue weighted by molar-refractivity contribution is -0.120. The molecule has 146 valence electrons. The number of thioether (sulfide) groups is 1. The van der Waals surface area contributed by atoms with Gasteiger partial charge in [-0.3, -0.25) is 4.79 Å². The van der Waals surface area contributed by atoms with E-state index in [2.05, 4.69) is 20.8 Å². The first-order valence-electron chi connectivity index (χ1n) is 9.34. The van der Waals surface area contributed by atoms with Gasteiger partial charge >= 0.3 is 0 Å². The Morgan fingerprint density at radius 2 is 1.89 bits per heavy atom. The number of amides is 1. The first kappa shape index (κ1) is 20.1. The summed E-state index contributed by atoms with van der Waals surface area (Å²) < 4.78 is 13.8. The van der Waals surface area contributed by atoms with Gasteiger partial charge in [-0.1, -0.05) is 54.5 Å². The molecule has 1 heterocycles. The van der Waals surface area contributed by atoms with Crippen molar-refractivity contribution < 1.29 is 9.18 Å². The van der Waals surface area contributed by atoms with Gasteiger partial charge < -0.3 is 10.6 Å². The lowest BCUT2D eigenvalue weighted by Crippen LogP contribution is -2.33. The molecule has 1 aromatic carbocycles. The van der Waals surface area contributed by atoms with Crippen LogP contribution in [0.2, 0.25) is 0 Å². The third-order valence-electron chi connectivity index (χ3n) is 4.71. The second-order valence-electron chi connectivity index (χ2n) is 6.89. The van der Waals surface area contributed by atoms with Crippen LogP contribution in [-0.4, -0.2) is 27.4 Å². The topological polar surface area (TPSA) is 66.9 Å². The summed E-state index contributed by atoms with van der Waals surface area (Å²) in [7, 11) is 0. The van der Waals surface area contributed by atoms with Crippen LogP contribution in [0, 0.1) is 5.82 Å². The highest BCUT2D eigenvalue weighted by Gasteiger charge is 2.20. The number of aromatic nitrogens is 2. The zero-order valence-corrected chi connectivity index (χ0v) is 17.2. The highest BCUT2D eigenvalue weighted by atomic mass is 32.2. The smallest absolute Gasteiger partial charge is 0.233 e. The second kappa shape index (κ2) is 9.50. The third-order valence-corrected chi connectivity index (χ3v) is 6.75. The minimum atomic E-state index is -0.289. The first-order chi connectivity index (χ1) is 13.0. The number of rotatable bonds is 7. The SMILES string of the molecule is CC(Sc1nnc(NC2CCCCC2)s1)C(=O)NC(C)c1ccc(F)cc1. The summed E-state index contributed by atoms with van der Waals surface area (Å²) in [5, 5.41) is 15.4. The maximum absolute atomic E-state index is 13.0. The Hall–Kier alpha value is -1.67. The van der Waals surface area contributed by atoms with Crippen molar-refractivity contribution in [2.24, 2.45) is 0 Å². The van der Waals surface area contributed by atoms with Gasteiger partial charge in [0.2, 0.25) is 11.0 Å². The van der Waals surface area contributed by atoms with E-state index in [1.54, 1.807) is 12.1 Å². The summed E-state index contributed by atoms with van der Waals surface area (Å²) in [5.74, 6) is -0.357. The molecule has 0 aliphatic heterocycles. The molecule has 0 radical (unpaired) electrons. The molecule has 1 aliphatic rings. The molecular weight excluding hydrogens is 383 g/mol. The zero-order valence-electron chi connectivity index (χ0n) is 15.6. The number of nitrogens with one attached hydrogen (secondary N) is 2. The van der Waals surface area contributed by atoms with Crippen molar-refractivity contribution in [2.45, 2.75) is 67.6 Å². The van der Waals surface area contributed by atoms with Crippen molar-refractivity contribution in [3.8, 4) is 0 Å². The first-order valence-corrected chi connectivity index (χ1v) is 11.0. The van der Waals surface area contributed by atoms with Gasteiger partial charge in [0, 0.05) is 6.04 Å². The predicted molar refractivity (Wildman–Crippen MR) is 109 cm³/mol. The van der Waals surface area contributed by atoms with E-state index in [-0.39, 0.29) is 23.0 Å². The number of anilines is 1. The molecule has 2 aromatic rings. The molecule has 2 N–H and O–H groups in total. The van der Waals surface area contributed by atoms with E-state index in [4.69, 9.17) is 0 Å². The second-order valence-corrected chi connectivity index (χ2v) is 9.46. The van der Waals surface area contributed by atoms with Crippen molar-refractivity contribution in [3.63, 3.8) is 0 Å². The van der Waals surface area contributed by atoms with Gasteiger partial charge in [-0.25, -0.2) is 4.39 Å². The van der Waals surface area contributed by atoms with E-state index in [1.807, 2.05) is 13.8 Å². The van der Waals surface area contributed by atoms with Crippen LogP contribution < -0.4 is 10.6 Å². The molecule has 2 atom stereocenters. The fraction of sp³-hybridized carbons (Fsp3) is 0.526. The van der Waals surface area contributed by atoms with Gasteiger partial charge in [0.1, 0.15) is 5.82 Å². The fourth-order valence-corrected chi connectivity index (χ4v) is 5.09. The van der Waals surface area contributed by atoms with Crippen LogP contribution in [0.3, 0.4) is 0 Å². The third kappa shape index (κ3) is 5.90. The Bertz CT molecular complexity index is 746. The number of hydrogen-bond donors (Lipinski definition) is 2. The Morgan fingerprint density at radius 3 is 2.59 bits per heavy atom. The molecule has 0 saturated heterocycles. The summed E-state index contributed by atoms with van der Waals surface area (Å²) in [6.07, 6.45) is 6.21. The highest BCUT2D eigenvalue weighted by Crippen LogP contribution is 2.31. The summed E-state index contributed by atoms with van der Waals surface area (Å²) in [4.78, 5) is 12.5. The highest BCUT2D eigenvalue weighted by molar-refractivity contribution is 8.02. The van der Waals surface area contributed by atoms with Crippen molar-refractivity contribution in [1.82, 2.24) is 15.5 Å². The van der Waals surface area contributed by atoms with Crippen LogP contribution in [0.1, 0.15) is 57.6 Å². The lowest BCUT2D eigenvalue weighted by Gasteiger charge is -2.21. The summed E-state index contributed by atoms with van der Waals surface area (Å²) in [5.41, 5.74) is 0.872. The largest absolute Gasteiger partial charge is 0.357 e. The molecule has 2 unspecified atom stereocenters. The van der Waals surface area contributed by atoms with Crippen LogP contribution in [0.25, 0.3) is 0 Å². The van der Waals surface area contributed by atoms with E-state index in [9.17, 15) is 9.18 Å². The van der Waals surface area contributed by atoms with E-state index in [1.165, 1.54) is 67.3 Å². The van der Waals surface area contributed by atoms with Gasteiger partial charge in [0.05, 0.1) is 11.3 Å². The fourth-order valence-electron chi connectivity index (χ4n) is 3.11. The quantitative estimate of drug-likeness (QED) is 0.646. The summed E-state index contributed by atoms with van der Waals surface area (Å²) in [6.45, 7) is 3.74. The zero-order chi connectivity index (χ0) is 19.2. The number of carbonyl (C=O) groups excluding carboxylic acids is 1. The van der Waals surface area contributed by atoms with E-state index in [0.29, 0.717) is 6.04 Å². The van der Waals surface area contributed by atoms with Gasteiger partial charge in [0.15, 0.2) is 4.34 Å². The minimum Gasteiger partial charge on any atom is -0.357 e. The number of halogens is 1. The molecule has 1 aromatic heterocycles. The molecule has 1 saturated carbocycles. The molecular formula is C19H25FN4OS2. The standard InChI is InChI=1S/C19H25FN4OS2/c1-12(14-8-10-15(20)11-9-14)21-17(25)13(2)26-19-24-23-18(27-19)22-16-6-4-3-5-7-16/h8-13,16H,3-7H2,1-2H3,(H,21,25)(H,22,23). The molecule has 1 fully saturated rings. The van der Waals surface area contributed by atoms with Crippen LogP contribution in [0.4, 0.5) is 9.52 Å². The van der Waals surface area contributed by atoms with Gasteiger partial charge in [0.25, 0.3) is 0 Å². The van der Waals surface area contributed by atoms with Crippen LogP contribution in [0.5, 0.6) is 0 Å². The van der Waals surface area contributed by atoms with E-state index < -0.39 is 0 Å². The molecule has 1 amide bonds. The molecule has 3 rings (SSSR count). The maximum atomic E-state index is 13.0. The van der Waals surface area contributed by atoms with Crippen molar-refractivity contribution >= 4 is 34.1 Å². The van der Waals surface area contributed by atoms with Crippen LogP contribution in [0.15, 0.2) is 28.6 Å². The molecule has 8 heteroatoms. The molecule has 1 aliphatic carbocycles. The van der Waals surface area contributed by atoms with Crippen molar-refractivity contribution in [3.05, 3.63) is 35.6 Å². The molecule has 0 bridgehead atoms. The normalized spacial score (nSPS) is 17.3. The van der Waals surface area contributed by atoms with Gasteiger partial charge in [-0.2, -0.15) is 0 Å². The van der Waals surface area contributed by atoms with Crippen LogP contribution >= 0.6 is 23.1 Å². The number of hydrogen-bond acceptors (Lipinski definition) is 6. The Balaban J connectivity index is 1.49. The number of nitrogens with zero attached hydrogens (tertiary/aromatic N) is 2. The van der Waals surface area contributed by atoms with Gasteiger partial charge in [-0.05, 0) is 44.4 Å². The average molecular weight is 409 g/mol. The average Bonchev–Trinajstić information content (AvgIpc) is 3.09. The Morgan fingerprint density at radius 1 is 1.19 bits per heavy atom. The lowest BCUT2D eigenvalue weighted by atomic mass is 9.96. The Kier molecular flexibility index (Phi) is 7.07. The van der Waals surface area contributed by atoms with Gasteiger partial charge in [-0.15, -0.1) is 10.2 Å². The van der Waals surface area contributed by atoms with E-state index in [0.717, 1.165) is 15.0 Å². The van der Waals surface area contributed by atoms with Crippen LogP contribution in [-0.2, 0) is 4.79 Å². The van der Waals surface area contributed by atoms with Crippen molar-refractivity contribution in [2.75, 3.05) is 5.32 Å². The van der Waals surface area contributed by atoms with E-state index >= 15 is 0 Å². The molecule has 0 spiro atoms. The van der Waals surface area contributed by atoms with Crippen molar-refractivity contribution in [1.29, 1.82) is 0 Å². The molecule has 27 heavy (non-hydrogen) atoms. The molecule has 5 nitrogen and oxygen atoms in total. The summed E-state index contributed by atoms with van der Waals surface area (Å²) >= 11 is 2.90. The maximum Gasteiger partial charge on any atom is 0.233 e. The Labute approximate surface area is 167 Å². The minimum absolute atomic E-state index is 0.0752. The number of benzene rings is 1.